The number of rotatable bonds is 8. The fourth-order valence-electron chi connectivity index (χ4n) is 2.66. The van der Waals surface area contributed by atoms with Crippen LogP contribution in [0.2, 0.25) is 0 Å². The number of hydrogen-bond donors (Lipinski definition) is 3. The van der Waals surface area contributed by atoms with E-state index in [2.05, 4.69) is 53.4 Å². The molecule has 0 bridgehead atoms. The van der Waals surface area contributed by atoms with Crippen LogP contribution in [0.15, 0.2) is 30.6 Å². The fraction of sp³-hybridized carbons (Fsp3) is 0.421. The maximum atomic E-state index is 13.0. The number of halogens is 1. The number of amides is 1. The van der Waals surface area contributed by atoms with Gasteiger partial charge >= 0.3 is 0 Å². The summed E-state index contributed by atoms with van der Waals surface area (Å²) in [5, 5.41) is 0. The van der Waals surface area contributed by atoms with Crippen molar-refractivity contribution in [1.82, 2.24) is 15.4 Å². The summed E-state index contributed by atoms with van der Waals surface area (Å²) in [6.45, 7) is 10.1. The molecule has 0 atom stereocenters. The number of anilines is 3. The largest absolute Gasteiger partial charge is 0.393 e. The summed E-state index contributed by atoms with van der Waals surface area (Å²) >= 11 is 0. The highest BCUT2D eigenvalue weighted by Crippen LogP contribution is 2.27. The summed E-state index contributed by atoms with van der Waals surface area (Å²) in [6, 6.07) is 5.24. The average Bonchev–Trinajstić information content (AvgIpc) is 2.60. The van der Waals surface area contributed by atoms with Gasteiger partial charge in [0.1, 0.15) is 17.8 Å². The minimum Gasteiger partial charge on any atom is -0.393 e. The van der Waals surface area contributed by atoms with E-state index in [9.17, 15) is 9.18 Å². The van der Waals surface area contributed by atoms with Crippen molar-refractivity contribution in [2.24, 2.45) is 11.8 Å². The van der Waals surface area contributed by atoms with Gasteiger partial charge in [-0.3, -0.25) is 15.6 Å². The van der Waals surface area contributed by atoms with Crippen LogP contribution in [0.1, 0.15) is 38.1 Å². The molecule has 1 heterocycles. The quantitative estimate of drug-likeness (QED) is 0.615. The molecule has 0 unspecified atom stereocenters. The van der Waals surface area contributed by atoms with Crippen LogP contribution < -0.4 is 21.5 Å². The second-order valence-corrected chi connectivity index (χ2v) is 7.24. The average molecular weight is 374 g/mol. The second-order valence-electron chi connectivity index (χ2n) is 7.24. The summed E-state index contributed by atoms with van der Waals surface area (Å²) < 4.78 is 13.0. The molecule has 146 valence electrons. The van der Waals surface area contributed by atoms with Gasteiger partial charge in [0.2, 0.25) is 0 Å². The van der Waals surface area contributed by atoms with Crippen molar-refractivity contribution in [1.29, 1.82) is 0 Å². The highest BCUT2D eigenvalue weighted by Gasteiger charge is 2.18. The van der Waals surface area contributed by atoms with Gasteiger partial charge in [0.15, 0.2) is 11.6 Å². The van der Waals surface area contributed by atoms with Crippen molar-refractivity contribution in [2.75, 3.05) is 29.1 Å². The van der Waals surface area contributed by atoms with Crippen LogP contribution in [0.5, 0.6) is 0 Å². The summed E-state index contributed by atoms with van der Waals surface area (Å²) in [4.78, 5) is 22.7. The molecule has 8 heteroatoms. The number of hydrogen-bond acceptors (Lipinski definition) is 6. The summed E-state index contributed by atoms with van der Waals surface area (Å²) in [5.74, 6) is 0.995. The van der Waals surface area contributed by atoms with E-state index in [0.29, 0.717) is 34.7 Å². The van der Waals surface area contributed by atoms with Crippen molar-refractivity contribution in [3.63, 3.8) is 0 Å². The Morgan fingerprint density at radius 2 is 1.70 bits per heavy atom. The van der Waals surface area contributed by atoms with Crippen LogP contribution in [0.3, 0.4) is 0 Å². The molecule has 0 radical (unpaired) electrons. The molecule has 0 aliphatic rings. The molecule has 27 heavy (non-hydrogen) atoms. The van der Waals surface area contributed by atoms with Crippen molar-refractivity contribution in [3.05, 3.63) is 42.0 Å². The standard InChI is InChI=1S/C19H27FN6O/c1-12(2)9-26(10-13(3)4)18-16(21)17(22-11-23-18)24-25-19(27)14-5-7-15(20)8-6-14/h5-8,11-13H,9-10,21H2,1-4H3,(H,25,27)(H,22,23,24). The van der Waals surface area contributed by atoms with Crippen molar-refractivity contribution in [2.45, 2.75) is 27.7 Å². The van der Waals surface area contributed by atoms with E-state index in [1.54, 1.807) is 0 Å². The third-order valence-electron chi connectivity index (χ3n) is 3.73. The first-order chi connectivity index (χ1) is 12.8. The van der Waals surface area contributed by atoms with Gasteiger partial charge in [0.05, 0.1) is 0 Å². The Labute approximate surface area is 159 Å². The summed E-state index contributed by atoms with van der Waals surface area (Å²) in [7, 11) is 0. The molecule has 7 nitrogen and oxygen atoms in total. The van der Waals surface area contributed by atoms with Gasteiger partial charge in [-0.25, -0.2) is 14.4 Å². The lowest BCUT2D eigenvalue weighted by molar-refractivity contribution is 0.0962. The van der Waals surface area contributed by atoms with Crippen molar-refractivity contribution in [3.8, 4) is 0 Å². The van der Waals surface area contributed by atoms with Gasteiger partial charge in [0, 0.05) is 18.7 Å². The van der Waals surface area contributed by atoms with Crippen LogP contribution in [-0.4, -0.2) is 29.0 Å². The zero-order valence-electron chi connectivity index (χ0n) is 16.2. The van der Waals surface area contributed by atoms with Gasteiger partial charge < -0.3 is 10.6 Å². The Morgan fingerprint density at radius 1 is 1.11 bits per heavy atom. The van der Waals surface area contributed by atoms with E-state index in [4.69, 9.17) is 5.73 Å². The second kappa shape index (κ2) is 9.16. The molecule has 0 saturated carbocycles. The maximum absolute atomic E-state index is 13.0. The zero-order valence-corrected chi connectivity index (χ0v) is 16.2. The van der Waals surface area contributed by atoms with Gasteiger partial charge in [0.25, 0.3) is 5.91 Å². The zero-order chi connectivity index (χ0) is 20.0. The number of nitrogen functional groups attached to an aromatic ring is 1. The number of benzene rings is 1. The molecule has 0 aliphatic carbocycles. The Bertz CT molecular complexity index is 753. The monoisotopic (exact) mass is 374 g/mol. The lowest BCUT2D eigenvalue weighted by Gasteiger charge is -2.28. The number of carbonyl (C=O) groups is 1. The minimum atomic E-state index is -0.421. The highest BCUT2D eigenvalue weighted by atomic mass is 19.1. The van der Waals surface area contributed by atoms with Gasteiger partial charge in [-0.15, -0.1) is 0 Å². The Morgan fingerprint density at radius 3 is 2.26 bits per heavy atom. The molecule has 1 amide bonds. The summed E-state index contributed by atoms with van der Waals surface area (Å²) in [6.07, 6.45) is 1.41. The molecular weight excluding hydrogens is 347 g/mol. The number of nitrogens with one attached hydrogen (secondary N) is 2. The molecular formula is C19H27FN6O. The Hall–Kier alpha value is -2.90. The van der Waals surface area contributed by atoms with E-state index in [1.807, 2.05) is 0 Å². The van der Waals surface area contributed by atoms with E-state index in [-0.39, 0.29) is 0 Å². The molecule has 0 saturated heterocycles. The van der Waals surface area contributed by atoms with E-state index in [1.165, 1.54) is 30.6 Å². The number of hydrazine groups is 1. The molecule has 0 aliphatic heterocycles. The molecule has 4 N–H and O–H groups in total. The highest BCUT2D eigenvalue weighted by molar-refractivity contribution is 5.95. The third kappa shape index (κ3) is 5.80. The van der Waals surface area contributed by atoms with Gasteiger partial charge in [-0.1, -0.05) is 27.7 Å². The molecule has 0 spiro atoms. The van der Waals surface area contributed by atoms with E-state index >= 15 is 0 Å². The lowest BCUT2D eigenvalue weighted by Crippen LogP contribution is -2.34. The normalized spacial score (nSPS) is 10.9. The van der Waals surface area contributed by atoms with E-state index in [0.717, 1.165) is 13.1 Å². The molecule has 1 aromatic heterocycles. The van der Waals surface area contributed by atoms with Gasteiger partial charge in [-0.2, -0.15) is 0 Å². The third-order valence-corrected chi connectivity index (χ3v) is 3.73. The maximum Gasteiger partial charge on any atom is 0.269 e. The van der Waals surface area contributed by atoms with Crippen LogP contribution in [0.4, 0.5) is 21.7 Å². The first-order valence-corrected chi connectivity index (χ1v) is 8.95. The SMILES string of the molecule is CC(C)CN(CC(C)C)c1ncnc(NNC(=O)c2ccc(F)cc2)c1N. The molecule has 2 aromatic rings. The molecule has 0 fully saturated rings. The van der Waals surface area contributed by atoms with Crippen LogP contribution in [-0.2, 0) is 0 Å². The first-order valence-electron chi connectivity index (χ1n) is 8.95. The van der Waals surface area contributed by atoms with Crippen molar-refractivity contribution >= 4 is 23.2 Å². The smallest absolute Gasteiger partial charge is 0.269 e. The van der Waals surface area contributed by atoms with Crippen LogP contribution in [0.25, 0.3) is 0 Å². The number of nitrogens with zero attached hydrogens (tertiary/aromatic N) is 3. The molecule has 2 rings (SSSR count). The topological polar surface area (TPSA) is 96.2 Å². The lowest BCUT2D eigenvalue weighted by atomic mass is 10.1. The summed E-state index contributed by atoms with van der Waals surface area (Å²) in [5.41, 5.74) is 12.2. The first kappa shape index (κ1) is 20.4. The predicted octanol–water partition coefficient (Wildman–Crippen LogP) is 3.07. The number of aromatic nitrogens is 2. The Balaban J connectivity index is 2.14. The fourth-order valence-corrected chi connectivity index (χ4v) is 2.66. The van der Waals surface area contributed by atoms with E-state index < -0.39 is 11.7 Å². The minimum absolute atomic E-state index is 0.313. The number of nitrogens with two attached hydrogens (primary N) is 1. The van der Waals surface area contributed by atoms with Gasteiger partial charge in [-0.05, 0) is 36.1 Å². The Kier molecular flexibility index (Phi) is 6.92. The predicted molar refractivity (Wildman–Crippen MR) is 106 cm³/mol. The van der Waals surface area contributed by atoms with Crippen molar-refractivity contribution < 1.29 is 9.18 Å². The van der Waals surface area contributed by atoms with Crippen LogP contribution in [0, 0.1) is 17.7 Å². The van der Waals surface area contributed by atoms with Crippen LogP contribution >= 0.6 is 0 Å². The number of carbonyl (C=O) groups excluding carboxylic acids is 1. The molecule has 1 aromatic carbocycles.